The Morgan fingerprint density at radius 2 is 1.88 bits per heavy atom. The number of nitrogens with one attached hydrogen (secondary N) is 1. The Morgan fingerprint density at radius 1 is 1.09 bits per heavy atom. The van der Waals surface area contributed by atoms with Crippen LogP contribution in [0, 0.1) is 33.6 Å². The predicted molar refractivity (Wildman–Crippen MR) is 125 cm³/mol. The van der Waals surface area contributed by atoms with Gasteiger partial charge in [0, 0.05) is 31.3 Å². The SMILES string of the molecule is Cc1ccc(NC(=O)[C@@H]2CCCN(S(=O)(=O)c3cc(-c4noc(C)n4)ccc3C)C2)c(C)c1. The van der Waals surface area contributed by atoms with Gasteiger partial charge in [0.15, 0.2) is 0 Å². The Kier molecular flexibility index (Phi) is 6.36. The van der Waals surface area contributed by atoms with Crippen molar-refractivity contribution < 1.29 is 17.7 Å². The molecule has 3 aromatic rings. The van der Waals surface area contributed by atoms with Crippen molar-refractivity contribution in [1.29, 1.82) is 0 Å². The first-order valence-corrected chi connectivity index (χ1v) is 12.4. The summed E-state index contributed by atoms with van der Waals surface area (Å²) in [5.74, 6) is 0.171. The van der Waals surface area contributed by atoms with Crippen LogP contribution in [0.25, 0.3) is 11.4 Å². The lowest BCUT2D eigenvalue weighted by atomic mass is 9.98. The van der Waals surface area contributed by atoms with E-state index in [0.29, 0.717) is 42.2 Å². The highest BCUT2D eigenvalue weighted by Gasteiger charge is 2.34. The summed E-state index contributed by atoms with van der Waals surface area (Å²) in [6.07, 6.45) is 1.26. The molecule has 0 bridgehead atoms. The van der Waals surface area contributed by atoms with Gasteiger partial charge in [0.05, 0.1) is 10.8 Å². The molecule has 2 heterocycles. The molecule has 174 valence electrons. The summed E-state index contributed by atoms with van der Waals surface area (Å²) < 4.78 is 33.5. The zero-order valence-electron chi connectivity index (χ0n) is 19.3. The van der Waals surface area contributed by atoms with E-state index in [2.05, 4.69) is 15.5 Å². The summed E-state index contributed by atoms with van der Waals surface area (Å²) >= 11 is 0. The number of anilines is 1. The molecule has 1 atom stereocenters. The highest BCUT2D eigenvalue weighted by atomic mass is 32.2. The van der Waals surface area contributed by atoms with E-state index in [4.69, 9.17) is 4.52 Å². The molecule has 0 aliphatic carbocycles. The zero-order valence-corrected chi connectivity index (χ0v) is 20.1. The number of hydrogen-bond donors (Lipinski definition) is 1. The number of piperidine rings is 1. The second-order valence-corrected chi connectivity index (χ2v) is 10.5. The van der Waals surface area contributed by atoms with Crippen LogP contribution in [0.3, 0.4) is 0 Å². The Morgan fingerprint density at radius 3 is 2.58 bits per heavy atom. The fourth-order valence-corrected chi connectivity index (χ4v) is 5.91. The summed E-state index contributed by atoms with van der Waals surface area (Å²) in [4.78, 5) is 17.3. The van der Waals surface area contributed by atoms with Gasteiger partial charge in [-0.2, -0.15) is 9.29 Å². The molecule has 33 heavy (non-hydrogen) atoms. The monoisotopic (exact) mass is 468 g/mol. The van der Waals surface area contributed by atoms with E-state index in [-0.39, 0.29) is 17.3 Å². The van der Waals surface area contributed by atoms with Crippen LogP contribution < -0.4 is 5.32 Å². The largest absolute Gasteiger partial charge is 0.339 e. The Labute approximate surface area is 194 Å². The van der Waals surface area contributed by atoms with E-state index in [0.717, 1.165) is 16.8 Å². The van der Waals surface area contributed by atoms with Gasteiger partial charge in [-0.25, -0.2) is 8.42 Å². The molecule has 1 saturated heterocycles. The van der Waals surface area contributed by atoms with Crippen LogP contribution in [0.15, 0.2) is 45.8 Å². The minimum absolute atomic E-state index is 0.143. The number of aromatic nitrogens is 2. The van der Waals surface area contributed by atoms with Crippen molar-refractivity contribution >= 4 is 21.6 Å². The van der Waals surface area contributed by atoms with Crippen LogP contribution in [0.4, 0.5) is 5.69 Å². The van der Waals surface area contributed by atoms with Crippen molar-refractivity contribution in [3.8, 4) is 11.4 Å². The molecule has 8 nitrogen and oxygen atoms in total. The summed E-state index contributed by atoms with van der Waals surface area (Å²) in [7, 11) is -3.80. The Hall–Kier alpha value is -3.04. The second-order valence-electron chi connectivity index (χ2n) is 8.63. The first-order chi connectivity index (χ1) is 15.6. The lowest BCUT2D eigenvalue weighted by molar-refractivity contribution is -0.120. The highest BCUT2D eigenvalue weighted by Crippen LogP contribution is 2.29. The molecule has 1 aliphatic rings. The second kappa shape index (κ2) is 9.07. The quantitative estimate of drug-likeness (QED) is 0.607. The van der Waals surface area contributed by atoms with Crippen molar-refractivity contribution in [3.63, 3.8) is 0 Å². The topological polar surface area (TPSA) is 105 Å². The summed E-state index contributed by atoms with van der Waals surface area (Å²) in [6.45, 7) is 7.90. The van der Waals surface area contributed by atoms with E-state index in [1.54, 1.807) is 32.0 Å². The molecule has 4 rings (SSSR count). The standard InChI is InChI=1S/C24H28N4O4S/c1-15-7-10-21(17(3)12-15)26-24(29)20-6-5-11-28(14-20)33(30,31)22-13-19(9-8-16(22)2)23-25-18(4)32-27-23/h7-10,12-13,20H,5-6,11,14H2,1-4H3,(H,26,29)/t20-/m1/s1. The number of rotatable bonds is 5. The van der Waals surface area contributed by atoms with Crippen molar-refractivity contribution in [2.24, 2.45) is 5.92 Å². The molecule has 1 N–H and O–H groups in total. The molecule has 1 aromatic heterocycles. The molecule has 1 aliphatic heterocycles. The number of carbonyl (C=O) groups excluding carboxylic acids is 1. The van der Waals surface area contributed by atoms with Crippen LogP contribution in [0.5, 0.6) is 0 Å². The number of nitrogens with zero attached hydrogens (tertiary/aromatic N) is 3. The van der Waals surface area contributed by atoms with E-state index < -0.39 is 15.9 Å². The maximum atomic E-state index is 13.5. The van der Waals surface area contributed by atoms with Crippen molar-refractivity contribution in [3.05, 3.63) is 59.0 Å². The molecule has 0 radical (unpaired) electrons. The number of carbonyl (C=O) groups is 1. The maximum Gasteiger partial charge on any atom is 0.243 e. The van der Waals surface area contributed by atoms with E-state index in [1.165, 1.54) is 4.31 Å². The highest BCUT2D eigenvalue weighted by molar-refractivity contribution is 7.89. The predicted octanol–water partition coefficient (Wildman–Crippen LogP) is 4.01. The van der Waals surface area contributed by atoms with E-state index in [1.807, 2.05) is 32.0 Å². The average Bonchev–Trinajstić information content (AvgIpc) is 3.22. The number of sulfonamides is 1. The third-order valence-electron chi connectivity index (χ3n) is 5.99. The zero-order chi connectivity index (χ0) is 23.8. The van der Waals surface area contributed by atoms with E-state index in [9.17, 15) is 13.2 Å². The number of amides is 1. The van der Waals surface area contributed by atoms with Gasteiger partial charge in [0.25, 0.3) is 0 Å². The molecule has 9 heteroatoms. The fraction of sp³-hybridized carbons (Fsp3) is 0.375. The minimum atomic E-state index is -3.80. The van der Waals surface area contributed by atoms with Gasteiger partial charge in [-0.15, -0.1) is 0 Å². The number of aryl methyl sites for hydroxylation is 4. The van der Waals surface area contributed by atoms with Crippen LogP contribution >= 0.6 is 0 Å². The van der Waals surface area contributed by atoms with Gasteiger partial charge in [-0.05, 0) is 56.9 Å². The maximum absolute atomic E-state index is 13.5. The van der Waals surface area contributed by atoms with Crippen LogP contribution in [0.2, 0.25) is 0 Å². The first kappa shape index (κ1) is 23.1. The first-order valence-electron chi connectivity index (χ1n) is 10.9. The van der Waals surface area contributed by atoms with Gasteiger partial charge in [0.2, 0.25) is 27.6 Å². The van der Waals surface area contributed by atoms with Crippen molar-refractivity contribution in [1.82, 2.24) is 14.4 Å². The van der Waals surface area contributed by atoms with Crippen LogP contribution in [-0.4, -0.2) is 41.9 Å². The summed E-state index contributed by atoms with van der Waals surface area (Å²) in [6, 6.07) is 10.9. The minimum Gasteiger partial charge on any atom is -0.339 e. The van der Waals surface area contributed by atoms with Gasteiger partial charge in [0.1, 0.15) is 0 Å². The lowest BCUT2D eigenvalue weighted by Crippen LogP contribution is -2.43. The molecular formula is C24H28N4O4S. The summed E-state index contributed by atoms with van der Waals surface area (Å²) in [5.41, 5.74) is 4.05. The van der Waals surface area contributed by atoms with Crippen molar-refractivity contribution in [2.75, 3.05) is 18.4 Å². The molecule has 0 saturated carbocycles. The smallest absolute Gasteiger partial charge is 0.243 e. The summed E-state index contributed by atoms with van der Waals surface area (Å²) in [5, 5.41) is 6.87. The van der Waals surface area contributed by atoms with Gasteiger partial charge in [-0.1, -0.05) is 35.0 Å². The van der Waals surface area contributed by atoms with Gasteiger partial charge >= 0.3 is 0 Å². The van der Waals surface area contributed by atoms with Crippen LogP contribution in [-0.2, 0) is 14.8 Å². The molecule has 0 unspecified atom stereocenters. The fourth-order valence-electron chi connectivity index (χ4n) is 4.14. The van der Waals surface area contributed by atoms with E-state index >= 15 is 0 Å². The molecular weight excluding hydrogens is 440 g/mol. The number of benzene rings is 2. The molecule has 0 spiro atoms. The third kappa shape index (κ3) is 4.84. The normalized spacial score (nSPS) is 17.2. The molecule has 1 amide bonds. The van der Waals surface area contributed by atoms with Crippen LogP contribution in [0.1, 0.15) is 35.4 Å². The van der Waals surface area contributed by atoms with Gasteiger partial charge < -0.3 is 9.84 Å². The molecule has 2 aromatic carbocycles. The van der Waals surface area contributed by atoms with Crippen molar-refractivity contribution in [2.45, 2.75) is 45.4 Å². The van der Waals surface area contributed by atoms with Gasteiger partial charge in [-0.3, -0.25) is 4.79 Å². The lowest BCUT2D eigenvalue weighted by Gasteiger charge is -2.31. The third-order valence-corrected chi connectivity index (χ3v) is 7.99. The number of hydrogen-bond acceptors (Lipinski definition) is 6. The average molecular weight is 469 g/mol. The Balaban J connectivity index is 1.55. The Bertz CT molecular complexity index is 1300. The molecule has 1 fully saturated rings.